The smallest absolute Gasteiger partial charge is 0.311 e. The molecule has 1 aromatic rings. The average Bonchev–Trinajstić information content (AvgIpc) is 2.49. The van der Waals surface area contributed by atoms with Crippen LogP contribution in [0.1, 0.15) is 44.1 Å². The molecule has 2 aliphatic rings. The molecule has 0 bridgehead atoms. The largest absolute Gasteiger partial charge is 0.483 e. The van der Waals surface area contributed by atoms with E-state index < -0.39 is 0 Å². The van der Waals surface area contributed by atoms with Gasteiger partial charge in [0.1, 0.15) is 6.10 Å². The van der Waals surface area contributed by atoms with Crippen LogP contribution in [0.3, 0.4) is 0 Å². The average molecular weight is 354 g/mol. The predicted molar refractivity (Wildman–Crippen MR) is 85.1 cm³/mol. The molecule has 3 rings (SSSR count). The lowest BCUT2D eigenvalue weighted by Gasteiger charge is -2.55. The maximum absolute atomic E-state index is 11.2. The Labute approximate surface area is 133 Å². The van der Waals surface area contributed by atoms with Crippen LogP contribution in [0.5, 0.6) is 5.75 Å². The van der Waals surface area contributed by atoms with Gasteiger partial charge >= 0.3 is 5.69 Å². The van der Waals surface area contributed by atoms with Crippen molar-refractivity contribution in [2.45, 2.75) is 56.4 Å². The normalized spacial score (nSPS) is 27.1. The first kappa shape index (κ1) is 14.8. The molecule has 2 fully saturated rings. The fourth-order valence-corrected chi connectivity index (χ4v) is 4.88. The summed E-state index contributed by atoms with van der Waals surface area (Å²) in [6, 6.07) is 5.12. The van der Waals surface area contributed by atoms with Crippen molar-refractivity contribution >= 4 is 21.6 Å². The van der Waals surface area contributed by atoms with Gasteiger partial charge in [-0.25, -0.2) is 0 Å². The van der Waals surface area contributed by atoms with Gasteiger partial charge in [-0.15, -0.1) is 0 Å². The van der Waals surface area contributed by atoms with E-state index in [-0.39, 0.29) is 22.1 Å². The summed E-state index contributed by atoms with van der Waals surface area (Å²) in [5.41, 5.74) is 1.10. The van der Waals surface area contributed by atoms with Gasteiger partial charge < -0.3 is 4.74 Å². The van der Waals surface area contributed by atoms with Crippen LogP contribution in [0.4, 0.5) is 5.69 Å². The van der Waals surface area contributed by atoms with Crippen LogP contribution in [0.2, 0.25) is 0 Å². The summed E-state index contributed by atoms with van der Waals surface area (Å²) in [6.07, 6.45) is 7.11. The van der Waals surface area contributed by atoms with Crippen LogP contribution >= 0.6 is 15.9 Å². The molecule has 2 saturated carbocycles. The van der Waals surface area contributed by atoms with Crippen LogP contribution in [0.15, 0.2) is 18.2 Å². The number of alkyl halides is 1. The molecule has 4 nitrogen and oxygen atoms in total. The van der Waals surface area contributed by atoms with Gasteiger partial charge in [-0.2, -0.15) is 0 Å². The van der Waals surface area contributed by atoms with Crippen molar-refractivity contribution in [2.24, 2.45) is 5.41 Å². The first-order valence-corrected chi connectivity index (χ1v) is 8.51. The number of para-hydroxylation sites is 1. The van der Waals surface area contributed by atoms with Crippen LogP contribution in [0.25, 0.3) is 0 Å². The van der Waals surface area contributed by atoms with E-state index in [9.17, 15) is 10.1 Å². The number of benzene rings is 1. The summed E-state index contributed by atoms with van der Waals surface area (Å²) in [6.45, 7) is 1.88. The van der Waals surface area contributed by atoms with Gasteiger partial charge in [0.05, 0.1) is 4.92 Å². The molecular formula is C16H20BrNO3. The Kier molecular flexibility index (Phi) is 3.95. The van der Waals surface area contributed by atoms with E-state index in [2.05, 4.69) is 15.9 Å². The van der Waals surface area contributed by atoms with Crippen molar-refractivity contribution in [3.8, 4) is 5.75 Å². The number of aryl methyl sites for hydroxylation is 1. The Bertz CT molecular complexity index is 554. The molecule has 1 aromatic carbocycles. The Morgan fingerprint density at radius 1 is 1.33 bits per heavy atom. The maximum atomic E-state index is 11.2. The lowest BCUT2D eigenvalue weighted by Crippen LogP contribution is -2.57. The van der Waals surface area contributed by atoms with E-state index in [1.807, 2.05) is 13.0 Å². The van der Waals surface area contributed by atoms with Crippen molar-refractivity contribution < 1.29 is 9.66 Å². The van der Waals surface area contributed by atoms with Crippen molar-refractivity contribution in [1.82, 2.24) is 0 Å². The van der Waals surface area contributed by atoms with Gasteiger partial charge in [-0.05, 0) is 31.7 Å². The lowest BCUT2D eigenvalue weighted by atomic mass is 9.58. The number of rotatable bonds is 3. The van der Waals surface area contributed by atoms with Crippen LogP contribution in [-0.2, 0) is 0 Å². The zero-order valence-electron chi connectivity index (χ0n) is 12.2. The minimum absolute atomic E-state index is 0.0824. The van der Waals surface area contributed by atoms with Gasteiger partial charge in [0, 0.05) is 16.3 Å². The number of halogens is 1. The molecule has 21 heavy (non-hydrogen) atoms. The topological polar surface area (TPSA) is 52.4 Å². The highest BCUT2D eigenvalue weighted by molar-refractivity contribution is 9.09. The monoisotopic (exact) mass is 353 g/mol. The minimum atomic E-state index is -0.347. The zero-order valence-corrected chi connectivity index (χ0v) is 13.8. The molecule has 5 heteroatoms. The Hall–Kier alpha value is -1.10. The second kappa shape index (κ2) is 5.59. The SMILES string of the molecule is Cc1cccc([N+](=O)[O-])c1OC1CC(Br)C12CCCCC2. The molecule has 2 unspecified atom stereocenters. The highest BCUT2D eigenvalue weighted by atomic mass is 79.9. The van der Waals surface area contributed by atoms with Gasteiger partial charge in [-0.1, -0.05) is 47.3 Å². The lowest BCUT2D eigenvalue weighted by molar-refractivity contribution is -0.386. The van der Waals surface area contributed by atoms with Crippen molar-refractivity contribution in [3.63, 3.8) is 0 Å². The van der Waals surface area contributed by atoms with E-state index in [1.165, 1.54) is 25.3 Å². The fraction of sp³-hybridized carbons (Fsp3) is 0.625. The molecule has 0 heterocycles. The number of nitro groups is 1. The molecule has 0 aromatic heterocycles. The number of ether oxygens (including phenoxy) is 1. The predicted octanol–water partition coefficient (Wildman–Crippen LogP) is 4.77. The molecule has 0 radical (unpaired) electrons. The van der Waals surface area contributed by atoms with Gasteiger partial charge in [-0.3, -0.25) is 10.1 Å². The summed E-state index contributed by atoms with van der Waals surface area (Å²) in [5, 5.41) is 11.2. The summed E-state index contributed by atoms with van der Waals surface area (Å²) in [4.78, 5) is 11.3. The number of hydrogen-bond donors (Lipinski definition) is 0. The van der Waals surface area contributed by atoms with Crippen LogP contribution < -0.4 is 4.74 Å². The number of nitrogens with zero attached hydrogens (tertiary/aromatic N) is 1. The second-order valence-corrected chi connectivity index (χ2v) is 7.39. The highest BCUT2D eigenvalue weighted by Gasteiger charge is 2.55. The van der Waals surface area contributed by atoms with Gasteiger partial charge in [0.15, 0.2) is 5.75 Å². The first-order valence-electron chi connectivity index (χ1n) is 7.59. The molecule has 1 spiro atoms. The molecule has 0 saturated heterocycles. The second-order valence-electron chi connectivity index (χ2n) is 6.28. The summed E-state index contributed by atoms with van der Waals surface area (Å²) < 4.78 is 6.17. The molecule has 0 N–H and O–H groups in total. The third-order valence-electron chi connectivity index (χ3n) is 5.12. The van der Waals surface area contributed by atoms with Crippen molar-refractivity contribution in [3.05, 3.63) is 33.9 Å². The van der Waals surface area contributed by atoms with E-state index in [4.69, 9.17) is 4.74 Å². The number of hydrogen-bond acceptors (Lipinski definition) is 3. The molecule has 2 aliphatic carbocycles. The number of nitro benzene ring substituents is 1. The van der Waals surface area contributed by atoms with Crippen LogP contribution in [-0.4, -0.2) is 15.9 Å². The van der Waals surface area contributed by atoms with E-state index in [0.717, 1.165) is 24.8 Å². The van der Waals surface area contributed by atoms with Crippen molar-refractivity contribution in [1.29, 1.82) is 0 Å². The quantitative estimate of drug-likeness (QED) is 0.446. The van der Waals surface area contributed by atoms with Gasteiger partial charge in [0.2, 0.25) is 0 Å². The van der Waals surface area contributed by atoms with Crippen LogP contribution in [0, 0.1) is 22.5 Å². The van der Waals surface area contributed by atoms with E-state index >= 15 is 0 Å². The molecule has 0 aliphatic heterocycles. The van der Waals surface area contributed by atoms with Gasteiger partial charge in [0.25, 0.3) is 0 Å². The minimum Gasteiger partial charge on any atom is -0.483 e. The molecule has 2 atom stereocenters. The van der Waals surface area contributed by atoms with E-state index in [1.54, 1.807) is 6.07 Å². The molecule has 0 amide bonds. The Morgan fingerprint density at radius 2 is 2.05 bits per heavy atom. The van der Waals surface area contributed by atoms with E-state index in [0.29, 0.717) is 10.6 Å². The first-order chi connectivity index (χ1) is 10.0. The Morgan fingerprint density at radius 3 is 2.67 bits per heavy atom. The molecular weight excluding hydrogens is 334 g/mol. The third-order valence-corrected chi connectivity index (χ3v) is 6.40. The zero-order chi connectivity index (χ0) is 15.0. The summed E-state index contributed by atoms with van der Waals surface area (Å²) >= 11 is 3.78. The van der Waals surface area contributed by atoms with Crippen molar-refractivity contribution in [2.75, 3.05) is 0 Å². The molecule has 114 valence electrons. The summed E-state index contributed by atoms with van der Waals surface area (Å²) in [7, 11) is 0. The summed E-state index contributed by atoms with van der Waals surface area (Å²) in [5.74, 6) is 0.455. The Balaban J connectivity index is 1.86. The highest BCUT2D eigenvalue weighted by Crippen LogP contribution is 2.57. The third kappa shape index (κ3) is 2.45. The maximum Gasteiger partial charge on any atom is 0.311 e. The fourth-order valence-electron chi connectivity index (χ4n) is 3.79. The standard InChI is InChI=1S/C16H20BrNO3/c1-11-6-5-7-12(18(19)20)15(11)21-14-10-13(17)16(14)8-3-2-4-9-16/h5-7,13-14H,2-4,8-10H2,1H3.